The van der Waals surface area contributed by atoms with Crippen LogP contribution in [0.25, 0.3) is 11.0 Å². The van der Waals surface area contributed by atoms with E-state index in [0.29, 0.717) is 30.8 Å². The Kier molecular flexibility index (Phi) is 5.85. The topological polar surface area (TPSA) is 144 Å². The lowest BCUT2D eigenvalue weighted by Crippen LogP contribution is -2.45. The first-order valence-electron chi connectivity index (χ1n) is 12.2. The lowest BCUT2D eigenvalue weighted by Gasteiger charge is -2.43. The molecule has 1 aliphatic carbocycles. The second-order valence-corrected chi connectivity index (χ2v) is 11.2. The van der Waals surface area contributed by atoms with Crippen LogP contribution in [-0.4, -0.2) is 50.8 Å². The van der Waals surface area contributed by atoms with Crippen molar-refractivity contribution in [2.24, 2.45) is 5.41 Å². The summed E-state index contributed by atoms with van der Waals surface area (Å²) in [5.74, 6) is 0.261. The van der Waals surface area contributed by atoms with Crippen LogP contribution in [0, 0.1) is 16.7 Å². The number of hydrogen-bond donors (Lipinski definition) is 1. The quantitative estimate of drug-likeness (QED) is 0.463. The van der Waals surface area contributed by atoms with Gasteiger partial charge in [-0.05, 0) is 49.3 Å². The van der Waals surface area contributed by atoms with Gasteiger partial charge < -0.3 is 23.7 Å². The fourth-order valence-corrected chi connectivity index (χ4v) is 5.63. The lowest BCUT2D eigenvalue weighted by atomic mass is 9.68. The molecule has 11 heteroatoms. The van der Waals surface area contributed by atoms with Gasteiger partial charge in [0, 0.05) is 18.0 Å². The molecule has 2 aromatic heterocycles. The third-order valence-corrected chi connectivity index (χ3v) is 7.45. The number of nitrogens with zero attached hydrogens (tertiary/aromatic N) is 5. The van der Waals surface area contributed by atoms with Crippen molar-refractivity contribution < 1.29 is 28.7 Å². The van der Waals surface area contributed by atoms with Gasteiger partial charge in [-0.2, -0.15) is 5.26 Å². The van der Waals surface area contributed by atoms with Crippen LogP contribution in [0.5, 0.6) is 0 Å². The summed E-state index contributed by atoms with van der Waals surface area (Å²) in [4.78, 5) is 29.7. The molecular weight excluding hydrogens is 478 g/mol. The number of hydrogen-bond acceptors (Lipinski definition) is 8. The fraction of sp³-hybridized carbons (Fsp3) is 0.500. The van der Waals surface area contributed by atoms with Gasteiger partial charge in [-0.1, -0.05) is 25.9 Å². The van der Waals surface area contributed by atoms with Gasteiger partial charge in [0.15, 0.2) is 0 Å². The molecule has 1 N–H and O–H groups in total. The average Bonchev–Trinajstić information content (AvgIpc) is 3.55. The number of fused-ring (bicyclic) bond motifs is 1. The third-order valence-electron chi connectivity index (χ3n) is 7.45. The molecule has 1 saturated carbocycles. The number of carbonyl (C=O) groups excluding carboxylic acids is 1. The second kappa shape index (κ2) is 8.80. The van der Waals surface area contributed by atoms with E-state index in [-0.39, 0.29) is 17.9 Å². The van der Waals surface area contributed by atoms with Gasteiger partial charge in [0.25, 0.3) is 0 Å². The van der Waals surface area contributed by atoms with E-state index in [0.717, 1.165) is 30.3 Å². The molecule has 1 aliphatic heterocycles. The highest BCUT2D eigenvalue weighted by molar-refractivity contribution is 5.88. The largest absolute Gasteiger partial charge is 0.505 e. The van der Waals surface area contributed by atoms with Crippen LogP contribution in [0.15, 0.2) is 35.1 Å². The summed E-state index contributed by atoms with van der Waals surface area (Å²) in [7, 11) is 0. The van der Waals surface area contributed by atoms with Crippen LogP contribution < -0.4 is 4.90 Å². The summed E-state index contributed by atoms with van der Waals surface area (Å²) in [5.41, 5.74) is 1.27. The number of carboxylic acid groups (broad SMARTS) is 1. The number of imidazole rings is 1. The van der Waals surface area contributed by atoms with Crippen LogP contribution in [0.1, 0.15) is 57.7 Å². The van der Waals surface area contributed by atoms with E-state index in [2.05, 4.69) is 27.7 Å². The van der Waals surface area contributed by atoms with Gasteiger partial charge in [0.2, 0.25) is 5.88 Å². The third kappa shape index (κ3) is 4.71. The van der Waals surface area contributed by atoms with Gasteiger partial charge in [-0.15, -0.1) is 0 Å². The van der Waals surface area contributed by atoms with E-state index in [9.17, 15) is 14.9 Å². The number of rotatable bonds is 6. The Bertz CT molecular complexity index is 1400. The zero-order chi connectivity index (χ0) is 26.4. The van der Waals surface area contributed by atoms with Crippen molar-refractivity contribution in [3.05, 3.63) is 41.9 Å². The molecule has 3 heterocycles. The van der Waals surface area contributed by atoms with Gasteiger partial charge in [0.1, 0.15) is 12.2 Å². The molecule has 0 radical (unpaired) electrons. The first kappa shape index (κ1) is 24.6. The van der Waals surface area contributed by atoms with E-state index < -0.39 is 23.3 Å². The van der Waals surface area contributed by atoms with Gasteiger partial charge in [-0.3, -0.25) is 0 Å². The Balaban J connectivity index is 1.33. The molecule has 11 nitrogen and oxygen atoms in total. The van der Waals surface area contributed by atoms with Crippen molar-refractivity contribution in [2.45, 2.75) is 64.0 Å². The number of nitriles is 1. The molecule has 2 unspecified atom stereocenters. The van der Waals surface area contributed by atoms with Crippen molar-refractivity contribution in [3.8, 4) is 6.07 Å². The molecule has 0 bridgehead atoms. The molecule has 2 aliphatic rings. The van der Waals surface area contributed by atoms with Crippen molar-refractivity contribution in [1.29, 1.82) is 5.26 Å². The molecule has 1 amide bonds. The average molecular weight is 508 g/mol. The molecule has 3 aromatic rings. The fourth-order valence-electron chi connectivity index (χ4n) is 5.63. The van der Waals surface area contributed by atoms with Gasteiger partial charge in [0.05, 0.1) is 41.2 Å². The Morgan fingerprint density at radius 3 is 2.89 bits per heavy atom. The van der Waals surface area contributed by atoms with Gasteiger partial charge in [-0.25, -0.2) is 19.5 Å². The van der Waals surface area contributed by atoms with E-state index in [1.165, 1.54) is 4.90 Å². The summed E-state index contributed by atoms with van der Waals surface area (Å²) in [6.45, 7) is 6.69. The highest BCUT2D eigenvalue weighted by atomic mass is 16.7. The predicted octanol–water partition coefficient (Wildman–Crippen LogP) is 4.84. The first-order chi connectivity index (χ1) is 17.5. The SMILES string of the molecule is CC1(Cn2cnc3ccc(C#N)cc32)CCCC2(CN(c3cc(C(C)(C)COC(=O)O)no3)C(=O)O2)C1. The second-order valence-electron chi connectivity index (χ2n) is 11.2. The van der Waals surface area contributed by atoms with Crippen LogP contribution in [0.3, 0.4) is 0 Å². The Hall–Kier alpha value is -4.07. The van der Waals surface area contributed by atoms with Crippen LogP contribution in [0.4, 0.5) is 15.5 Å². The number of benzene rings is 1. The molecule has 2 atom stereocenters. The molecule has 2 fully saturated rings. The van der Waals surface area contributed by atoms with E-state index in [4.69, 9.17) is 19.1 Å². The van der Waals surface area contributed by atoms with Crippen LogP contribution >= 0.6 is 0 Å². The van der Waals surface area contributed by atoms with E-state index in [1.54, 1.807) is 32.3 Å². The van der Waals surface area contributed by atoms with Crippen molar-refractivity contribution >= 4 is 29.2 Å². The number of amides is 1. The minimum Gasteiger partial charge on any atom is -0.450 e. The number of anilines is 1. The minimum atomic E-state index is -1.36. The normalized spacial score (nSPS) is 23.8. The smallest absolute Gasteiger partial charge is 0.450 e. The minimum absolute atomic E-state index is 0.0974. The number of aromatic nitrogens is 3. The maximum atomic E-state index is 13.0. The number of ether oxygens (including phenoxy) is 2. The Morgan fingerprint density at radius 2 is 2.14 bits per heavy atom. The van der Waals surface area contributed by atoms with Crippen molar-refractivity contribution in [2.75, 3.05) is 18.1 Å². The van der Waals surface area contributed by atoms with Crippen LogP contribution in [-0.2, 0) is 21.4 Å². The van der Waals surface area contributed by atoms with Gasteiger partial charge >= 0.3 is 12.2 Å². The standard InChI is InChI=1S/C26H29N5O6/c1-24(2,15-35-23(33)34)20-10-21(37-29-20)31-14-26(36-22(31)32)8-4-7-25(3,12-26)13-30-16-28-18-6-5-17(11-27)9-19(18)30/h5-6,9-10,16H,4,7-8,12-15H2,1-3H3,(H,33,34). The van der Waals surface area contributed by atoms with Crippen LogP contribution in [0.2, 0.25) is 0 Å². The summed E-state index contributed by atoms with van der Waals surface area (Å²) in [6.07, 6.45) is 3.22. The summed E-state index contributed by atoms with van der Waals surface area (Å²) in [5, 5.41) is 22.2. The molecule has 5 rings (SSSR count). The summed E-state index contributed by atoms with van der Waals surface area (Å²) >= 11 is 0. The maximum absolute atomic E-state index is 13.0. The van der Waals surface area contributed by atoms with Crippen molar-refractivity contribution in [3.63, 3.8) is 0 Å². The lowest BCUT2D eigenvalue weighted by molar-refractivity contribution is -0.0264. The highest BCUT2D eigenvalue weighted by Gasteiger charge is 2.52. The highest BCUT2D eigenvalue weighted by Crippen LogP contribution is 2.48. The molecular formula is C26H29N5O6. The Morgan fingerprint density at radius 1 is 1.32 bits per heavy atom. The molecule has 1 aromatic carbocycles. The number of carbonyl (C=O) groups is 2. The van der Waals surface area contributed by atoms with E-state index in [1.807, 2.05) is 12.1 Å². The first-order valence-corrected chi connectivity index (χ1v) is 12.2. The molecule has 37 heavy (non-hydrogen) atoms. The maximum Gasteiger partial charge on any atom is 0.505 e. The zero-order valence-electron chi connectivity index (χ0n) is 21.1. The monoisotopic (exact) mass is 507 g/mol. The predicted molar refractivity (Wildman–Crippen MR) is 131 cm³/mol. The molecule has 194 valence electrons. The van der Waals surface area contributed by atoms with E-state index >= 15 is 0 Å². The van der Waals surface area contributed by atoms with Crippen molar-refractivity contribution in [1.82, 2.24) is 14.7 Å². The summed E-state index contributed by atoms with van der Waals surface area (Å²) < 4.78 is 18.3. The Labute approximate surface area is 213 Å². The molecule has 1 spiro atoms. The zero-order valence-corrected chi connectivity index (χ0v) is 21.1. The summed E-state index contributed by atoms with van der Waals surface area (Å²) in [6, 6.07) is 9.29. The molecule has 1 saturated heterocycles.